The standard InChI is InChI=1S/C23H27N3O3/c27-22(25-13-15-29-16-14-25)21-11-6-12-26(21)23(28)24-20-10-5-4-9-19(20)17-18-7-2-1-3-8-18/h1-5,7-10,21H,6,11-17H2,(H,24,28)/t21-/m1/s1. The highest BCUT2D eigenvalue weighted by molar-refractivity contribution is 5.94. The zero-order chi connectivity index (χ0) is 20.1. The van der Waals surface area contributed by atoms with Crippen molar-refractivity contribution in [2.45, 2.75) is 25.3 Å². The molecule has 6 heteroatoms. The number of rotatable bonds is 4. The summed E-state index contributed by atoms with van der Waals surface area (Å²) in [7, 11) is 0. The smallest absolute Gasteiger partial charge is 0.322 e. The molecule has 1 N–H and O–H groups in total. The molecule has 4 rings (SSSR count). The van der Waals surface area contributed by atoms with E-state index < -0.39 is 0 Å². The van der Waals surface area contributed by atoms with Crippen molar-refractivity contribution in [1.82, 2.24) is 9.80 Å². The van der Waals surface area contributed by atoms with E-state index in [0.29, 0.717) is 32.8 Å². The first-order chi connectivity index (χ1) is 14.2. The summed E-state index contributed by atoms with van der Waals surface area (Å²) in [6.07, 6.45) is 2.31. The average molecular weight is 393 g/mol. The molecule has 0 aromatic heterocycles. The first-order valence-corrected chi connectivity index (χ1v) is 10.3. The number of carbonyl (C=O) groups excluding carboxylic acids is 2. The third-order valence-corrected chi connectivity index (χ3v) is 5.62. The quantitative estimate of drug-likeness (QED) is 0.868. The second kappa shape index (κ2) is 9.09. The molecule has 2 fully saturated rings. The maximum atomic E-state index is 13.0. The van der Waals surface area contributed by atoms with Crippen LogP contribution < -0.4 is 5.32 Å². The van der Waals surface area contributed by atoms with E-state index in [1.54, 1.807) is 4.90 Å². The summed E-state index contributed by atoms with van der Waals surface area (Å²) >= 11 is 0. The Morgan fingerprint density at radius 2 is 1.69 bits per heavy atom. The third-order valence-electron chi connectivity index (χ3n) is 5.62. The fourth-order valence-electron chi connectivity index (χ4n) is 4.06. The number of urea groups is 1. The number of ether oxygens (including phenoxy) is 1. The van der Waals surface area contributed by atoms with Crippen LogP contribution in [-0.2, 0) is 16.0 Å². The van der Waals surface area contributed by atoms with Gasteiger partial charge in [-0.3, -0.25) is 4.79 Å². The Morgan fingerprint density at radius 3 is 2.48 bits per heavy atom. The van der Waals surface area contributed by atoms with Gasteiger partial charge in [0, 0.05) is 25.3 Å². The number of anilines is 1. The van der Waals surface area contributed by atoms with Crippen LogP contribution in [0.25, 0.3) is 0 Å². The molecule has 6 nitrogen and oxygen atoms in total. The van der Waals surface area contributed by atoms with Gasteiger partial charge in [-0.2, -0.15) is 0 Å². The molecule has 2 aliphatic heterocycles. The lowest BCUT2D eigenvalue weighted by Gasteiger charge is -2.32. The number of morpholine rings is 1. The molecule has 2 aromatic rings. The molecule has 2 heterocycles. The second-order valence-electron chi connectivity index (χ2n) is 7.54. The summed E-state index contributed by atoms with van der Waals surface area (Å²) in [6, 6.07) is 17.5. The molecule has 3 amide bonds. The van der Waals surface area contributed by atoms with Crippen molar-refractivity contribution < 1.29 is 14.3 Å². The number of carbonyl (C=O) groups is 2. The molecule has 0 radical (unpaired) electrons. The molecular weight excluding hydrogens is 366 g/mol. The minimum absolute atomic E-state index is 0.0403. The van der Waals surface area contributed by atoms with E-state index in [1.165, 1.54) is 5.56 Å². The van der Waals surface area contributed by atoms with Crippen molar-refractivity contribution in [2.24, 2.45) is 0 Å². The van der Waals surface area contributed by atoms with Gasteiger partial charge < -0.3 is 19.9 Å². The summed E-state index contributed by atoms with van der Waals surface area (Å²) in [5.74, 6) is 0.0403. The summed E-state index contributed by atoms with van der Waals surface area (Å²) in [4.78, 5) is 29.5. The monoisotopic (exact) mass is 393 g/mol. The van der Waals surface area contributed by atoms with Crippen LogP contribution in [0.1, 0.15) is 24.0 Å². The predicted molar refractivity (Wildman–Crippen MR) is 112 cm³/mol. The topological polar surface area (TPSA) is 61.9 Å². The van der Waals surface area contributed by atoms with Crippen molar-refractivity contribution in [3.05, 3.63) is 65.7 Å². The summed E-state index contributed by atoms with van der Waals surface area (Å²) in [5, 5.41) is 3.05. The number of hydrogen-bond acceptors (Lipinski definition) is 3. The number of para-hydroxylation sites is 1. The Labute approximate surface area is 171 Å². The SMILES string of the molecule is O=C([C@H]1CCCN1C(=O)Nc1ccccc1Cc1ccccc1)N1CCOCC1. The number of nitrogens with one attached hydrogen (secondary N) is 1. The van der Waals surface area contributed by atoms with Crippen LogP contribution in [0.4, 0.5) is 10.5 Å². The minimum Gasteiger partial charge on any atom is -0.378 e. The second-order valence-corrected chi connectivity index (χ2v) is 7.54. The molecule has 0 spiro atoms. The largest absolute Gasteiger partial charge is 0.378 e. The molecular formula is C23H27N3O3. The number of amides is 3. The molecule has 0 unspecified atom stereocenters. The fourth-order valence-corrected chi connectivity index (χ4v) is 4.06. The van der Waals surface area contributed by atoms with Crippen molar-refractivity contribution in [3.8, 4) is 0 Å². The van der Waals surface area contributed by atoms with Crippen molar-refractivity contribution >= 4 is 17.6 Å². The highest BCUT2D eigenvalue weighted by atomic mass is 16.5. The minimum atomic E-state index is -0.380. The lowest BCUT2D eigenvalue weighted by Crippen LogP contribution is -2.51. The third kappa shape index (κ3) is 4.59. The van der Waals surface area contributed by atoms with Crippen molar-refractivity contribution in [3.63, 3.8) is 0 Å². The molecule has 152 valence electrons. The Bertz CT molecular complexity index is 849. The average Bonchev–Trinajstić information content (AvgIpc) is 3.26. The van der Waals surface area contributed by atoms with E-state index in [2.05, 4.69) is 17.4 Å². The molecule has 0 saturated carbocycles. The Kier molecular flexibility index (Phi) is 6.10. The van der Waals surface area contributed by atoms with Gasteiger partial charge in [-0.1, -0.05) is 48.5 Å². The molecule has 2 saturated heterocycles. The maximum Gasteiger partial charge on any atom is 0.322 e. The van der Waals surface area contributed by atoms with Crippen LogP contribution in [0, 0.1) is 0 Å². The summed E-state index contributed by atoms with van der Waals surface area (Å²) in [5.41, 5.74) is 3.05. The van der Waals surface area contributed by atoms with Gasteiger partial charge in [0.05, 0.1) is 13.2 Å². The lowest BCUT2D eigenvalue weighted by atomic mass is 10.0. The van der Waals surface area contributed by atoms with Crippen molar-refractivity contribution in [2.75, 3.05) is 38.2 Å². The van der Waals surface area contributed by atoms with Crippen LogP contribution in [0.5, 0.6) is 0 Å². The highest BCUT2D eigenvalue weighted by Gasteiger charge is 2.37. The van der Waals surface area contributed by atoms with Gasteiger partial charge in [-0.25, -0.2) is 4.79 Å². The molecule has 1 atom stereocenters. The predicted octanol–water partition coefficient (Wildman–Crippen LogP) is 3.13. The van der Waals surface area contributed by atoms with Gasteiger partial charge in [-0.15, -0.1) is 0 Å². The van der Waals surface area contributed by atoms with Gasteiger partial charge >= 0.3 is 6.03 Å². The number of hydrogen-bond donors (Lipinski definition) is 1. The van der Waals surface area contributed by atoms with Gasteiger partial charge in [0.2, 0.25) is 5.91 Å². The number of likely N-dealkylation sites (tertiary alicyclic amines) is 1. The summed E-state index contributed by atoms with van der Waals surface area (Å²) < 4.78 is 5.34. The van der Waals surface area contributed by atoms with Crippen LogP contribution in [0.15, 0.2) is 54.6 Å². The molecule has 29 heavy (non-hydrogen) atoms. The Balaban J connectivity index is 1.45. The van der Waals surface area contributed by atoms with Gasteiger partial charge in [-0.05, 0) is 36.5 Å². The van der Waals surface area contributed by atoms with E-state index >= 15 is 0 Å². The van der Waals surface area contributed by atoms with Crippen LogP contribution in [0.2, 0.25) is 0 Å². The molecule has 0 bridgehead atoms. The number of benzene rings is 2. The highest BCUT2D eigenvalue weighted by Crippen LogP contribution is 2.24. The first-order valence-electron chi connectivity index (χ1n) is 10.3. The normalized spacial score (nSPS) is 19.2. The van der Waals surface area contributed by atoms with Crippen molar-refractivity contribution in [1.29, 1.82) is 0 Å². The first kappa shape index (κ1) is 19.5. The van der Waals surface area contributed by atoms with Gasteiger partial charge in [0.1, 0.15) is 6.04 Å². The van der Waals surface area contributed by atoms with E-state index in [0.717, 1.165) is 30.5 Å². The fraction of sp³-hybridized carbons (Fsp3) is 0.391. The van der Waals surface area contributed by atoms with Crippen LogP contribution in [0.3, 0.4) is 0 Å². The van der Waals surface area contributed by atoms with Gasteiger partial charge in [0.25, 0.3) is 0 Å². The van der Waals surface area contributed by atoms with Crippen LogP contribution >= 0.6 is 0 Å². The zero-order valence-corrected chi connectivity index (χ0v) is 16.5. The van der Waals surface area contributed by atoms with Crippen LogP contribution in [-0.4, -0.2) is 60.6 Å². The van der Waals surface area contributed by atoms with E-state index in [1.807, 2.05) is 47.4 Å². The zero-order valence-electron chi connectivity index (χ0n) is 16.5. The van der Waals surface area contributed by atoms with E-state index in [9.17, 15) is 9.59 Å². The number of nitrogens with zero attached hydrogens (tertiary/aromatic N) is 2. The van der Waals surface area contributed by atoms with E-state index in [-0.39, 0.29) is 18.0 Å². The summed E-state index contributed by atoms with van der Waals surface area (Å²) in [6.45, 7) is 2.94. The molecule has 0 aliphatic carbocycles. The molecule has 2 aliphatic rings. The Hall–Kier alpha value is -2.86. The maximum absolute atomic E-state index is 13.0. The van der Waals surface area contributed by atoms with E-state index in [4.69, 9.17) is 4.74 Å². The Morgan fingerprint density at radius 1 is 0.966 bits per heavy atom. The molecule has 2 aromatic carbocycles. The lowest BCUT2D eigenvalue weighted by molar-refractivity contribution is -0.139. The van der Waals surface area contributed by atoms with Gasteiger partial charge in [0.15, 0.2) is 0 Å².